The first kappa shape index (κ1) is 15.1. The van der Waals surface area contributed by atoms with Crippen molar-refractivity contribution in [3.8, 4) is 0 Å². The van der Waals surface area contributed by atoms with Crippen molar-refractivity contribution < 1.29 is 4.79 Å². The van der Waals surface area contributed by atoms with Gasteiger partial charge in [-0.05, 0) is 44.0 Å². The average Bonchev–Trinajstić information content (AvgIpc) is 2.85. The molecular formula is C16H18ClNOS. The van der Waals surface area contributed by atoms with Crippen molar-refractivity contribution >= 4 is 34.5 Å². The standard InChI is InChI=1S/C16H18ClNOS/c1-3-18(14-7-5-4-6-12(14)2)16(19)11-9-13-8-10-15(17)20-13/h4-8,10H,3,9,11H2,1-2H3. The number of rotatable bonds is 5. The number of carbonyl (C=O) groups is 1. The molecule has 20 heavy (non-hydrogen) atoms. The van der Waals surface area contributed by atoms with Crippen molar-refractivity contribution in [3.05, 3.63) is 51.2 Å². The van der Waals surface area contributed by atoms with Gasteiger partial charge in [-0.2, -0.15) is 0 Å². The van der Waals surface area contributed by atoms with Crippen LogP contribution in [0.4, 0.5) is 5.69 Å². The molecule has 106 valence electrons. The van der Waals surface area contributed by atoms with E-state index >= 15 is 0 Å². The lowest BCUT2D eigenvalue weighted by Gasteiger charge is -2.22. The number of hydrogen-bond donors (Lipinski definition) is 0. The van der Waals surface area contributed by atoms with Gasteiger partial charge in [0.25, 0.3) is 0 Å². The van der Waals surface area contributed by atoms with Gasteiger partial charge in [-0.15, -0.1) is 11.3 Å². The average molecular weight is 308 g/mol. The van der Waals surface area contributed by atoms with E-state index in [9.17, 15) is 4.79 Å². The molecule has 1 aromatic heterocycles. The van der Waals surface area contributed by atoms with Crippen LogP contribution in [0.2, 0.25) is 4.34 Å². The van der Waals surface area contributed by atoms with Gasteiger partial charge in [0.05, 0.1) is 4.34 Å². The van der Waals surface area contributed by atoms with Crippen molar-refractivity contribution in [2.75, 3.05) is 11.4 Å². The maximum Gasteiger partial charge on any atom is 0.227 e. The fourth-order valence-corrected chi connectivity index (χ4v) is 3.29. The second-order valence-corrected chi connectivity index (χ2v) is 6.43. The molecule has 1 aromatic carbocycles. The summed E-state index contributed by atoms with van der Waals surface area (Å²) in [6.45, 7) is 4.73. The van der Waals surface area contributed by atoms with Crippen molar-refractivity contribution in [1.29, 1.82) is 0 Å². The van der Waals surface area contributed by atoms with Crippen molar-refractivity contribution in [2.45, 2.75) is 26.7 Å². The zero-order chi connectivity index (χ0) is 14.5. The molecule has 2 nitrogen and oxygen atoms in total. The number of benzene rings is 1. The van der Waals surface area contributed by atoms with Gasteiger partial charge in [0.15, 0.2) is 0 Å². The Hall–Kier alpha value is -1.32. The molecule has 0 unspecified atom stereocenters. The Kier molecular flexibility index (Phi) is 5.21. The van der Waals surface area contributed by atoms with Gasteiger partial charge >= 0.3 is 0 Å². The summed E-state index contributed by atoms with van der Waals surface area (Å²) in [5, 5.41) is 0. The van der Waals surface area contributed by atoms with Gasteiger partial charge in [0.2, 0.25) is 5.91 Å². The van der Waals surface area contributed by atoms with E-state index in [4.69, 9.17) is 11.6 Å². The zero-order valence-corrected chi connectivity index (χ0v) is 13.3. The number of nitrogens with zero attached hydrogens (tertiary/aromatic N) is 1. The lowest BCUT2D eigenvalue weighted by atomic mass is 10.1. The van der Waals surface area contributed by atoms with Crippen LogP contribution < -0.4 is 4.90 Å². The quantitative estimate of drug-likeness (QED) is 0.784. The van der Waals surface area contributed by atoms with Gasteiger partial charge in [-0.25, -0.2) is 0 Å². The van der Waals surface area contributed by atoms with Crippen LogP contribution in [-0.2, 0) is 11.2 Å². The molecule has 2 rings (SSSR count). The summed E-state index contributed by atoms with van der Waals surface area (Å²) in [7, 11) is 0. The highest BCUT2D eigenvalue weighted by Crippen LogP contribution is 2.24. The molecule has 0 aliphatic rings. The van der Waals surface area contributed by atoms with Crippen LogP contribution in [0.15, 0.2) is 36.4 Å². The molecule has 0 spiro atoms. The van der Waals surface area contributed by atoms with Crippen LogP contribution in [0.25, 0.3) is 0 Å². The molecule has 0 saturated carbocycles. The molecule has 0 bridgehead atoms. The third-order valence-corrected chi connectivity index (χ3v) is 4.53. The predicted octanol–water partition coefficient (Wildman–Crippen LogP) is 4.70. The molecule has 1 heterocycles. The number of para-hydroxylation sites is 1. The Morgan fingerprint density at radius 3 is 2.60 bits per heavy atom. The summed E-state index contributed by atoms with van der Waals surface area (Å²) >= 11 is 7.45. The molecule has 2 aromatic rings. The van der Waals surface area contributed by atoms with E-state index in [2.05, 4.69) is 0 Å². The molecule has 4 heteroatoms. The summed E-state index contributed by atoms with van der Waals surface area (Å²) in [6.07, 6.45) is 1.26. The third kappa shape index (κ3) is 3.62. The largest absolute Gasteiger partial charge is 0.312 e. The van der Waals surface area contributed by atoms with Gasteiger partial charge in [0, 0.05) is 23.5 Å². The topological polar surface area (TPSA) is 20.3 Å². The van der Waals surface area contributed by atoms with Crippen LogP contribution in [-0.4, -0.2) is 12.5 Å². The van der Waals surface area contributed by atoms with E-state index in [0.717, 1.165) is 26.9 Å². The van der Waals surface area contributed by atoms with E-state index in [1.165, 1.54) is 0 Å². The van der Waals surface area contributed by atoms with E-state index in [1.807, 2.05) is 55.1 Å². The first-order valence-electron chi connectivity index (χ1n) is 6.72. The fourth-order valence-electron chi connectivity index (χ4n) is 2.20. The van der Waals surface area contributed by atoms with Crippen LogP contribution in [0.1, 0.15) is 23.8 Å². The van der Waals surface area contributed by atoms with Crippen LogP contribution >= 0.6 is 22.9 Å². The summed E-state index contributed by atoms with van der Waals surface area (Å²) < 4.78 is 0.777. The fraction of sp³-hybridized carbons (Fsp3) is 0.312. The summed E-state index contributed by atoms with van der Waals surface area (Å²) in [5.74, 6) is 0.159. The van der Waals surface area contributed by atoms with Crippen molar-refractivity contribution in [1.82, 2.24) is 0 Å². The molecule has 1 amide bonds. The molecule has 0 aliphatic heterocycles. The molecule has 0 radical (unpaired) electrons. The van der Waals surface area contributed by atoms with E-state index in [-0.39, 0.29) is 5.91 Å². The molecule has 0 N–H and O–H groups in total. The Bertz CT molecular complexity index is 594. The normalized spacial score (nSPS) is 10.6. The third-order valence-electron chi connectivity index (χ3n) is 3.24. The number of halogens is 1. The zero-order valence-electron chi connectivity index (χ0n) is 11.7. The minimum atomic E-state index is 0.159. The Morgan fingerprint density at radius 1 is 1.25 bits per heavy atom. The SMILES string of the molecule is CCN(C(=O)CCc1ccc(Cl)s1)c1ccccc1C. The minimum Gasteiger partial charge on any atom is -0.312 e. The molecular weight excluding hydrogens is 290 g/mol. The second kappa shape index (κ2) is 6.91. The van der Waals surface area contributed by atoms with Crippen molar-refractivity contribution in [2.24, 2.45) is 0 Å². The number of aryl methyl sites for hydroxylation is 2. The number of hydrogen-bond acceptors (Lipinski definition) is 2. The highest BCUT2D eigenvalue weighted by Gasteiger charge is 2.15. The number of thiophene rings is 1. The number of anilines is 1. The van der Waals surface area contributed by atoms with Crippen LogP contribution in [0.5, 0.6) is 0 Å². The van der Waals surface area contributed by atoms with Gasteiger partial charge < -0.3 is 4.90 Å². The molecule has 0 fully saturated rings. The highest BCUT2D eigenvalue weighted by atomic mass is 35.5. The van der Waals surface area contributed by atoms with Crippen molar-refractivity contribution in [3.63, 3.8) is 0 Å². The maximum absolute atomic E-state index is 12.4. The smallest absolute Gasteiger partial charge is 0.227 e. The van der Waals surface area contributed by atoms with E-state index < -0.39 is 0 Å². The maximum atomic E-state index is 12.4. The predicted molar refractivity (Wildman–Crippen MR) is 86.9 cm³/mol. The second-order valence-electron chi connectivity index (χ2n) is 4.63. The Labute approximate surface area is 129 Å². The summed E-state index contributed by atoms with van der Waals surface area (Å²) in [6, 6.07) is 11.9. The van der Waals surface area contributed by atoms with Gasteiger partial charge in [0.1, 0.15) is 0 Å². The molecule has 0 aliphatic carbocycles. The molecule has 0 saturated heterocycles. The van der Waals surface area contributed by atoms with E-state index in [1.54, 1.807) is 11.3 Å². The highest BCUT2D eigenvalue weighted by molar-refractivity contribution is 7.16. The number of amides is 1. The summed E-state index contributed by atoms with van der Waals surface area (Å²) in [5.41, 5.74) is 2.13. The van der Waals surface area contributed by atoms with Crippen LogP contribution in [0, 0.1) is 6.92 Å². The first-order valence-corrected chi connectivity index (χ1v) is 7.91. The number of carbonyl (C=O) groups excluding carboxylic acids is 1. The lowest BCUT2D eigenvalue weighted by molar-refractivity contribution is -0.118. The van der Waals surface area contributed by atoms with Gasteiger partial charge in [-0.1, -0.05) is 29.8 Å². The lowest BCUT2D eigenvalue weighted by Crippen LogP contribution is -2.31. The van der Waals surface area contributed by atoms with E-state index in [0.29, 0.717) is 13.0 Å². The monoisotopic (exact) mass is 307 g/mol. The first-order chi connectivity index (χ1) is 9.61. The Balaban J connectivity index is 2.04. The van der Waals surface area contributed by atoms with Gasteiger partial charge in [-0.3, -0.25) is 4.79 Å². The minimum absolute atomic E-state index is 0.159. The van der Waals surface area contributed by atoms with Crippen LogP contribution in [0.3, 0.4) is 0 Å². The Morgan fingerprint density at radius 2 is 2.00 bits per heavy atom. The molecule has 0 atom stereocenters. The summed E-state index contributed by atoms with van der Waals surface area (Å²) in [4.78, 5) is 15.4.